The molecule has 2 N–H and O–H groups in total. The van der Waals surface area contributed by atoms with E-state index in [1.54, 1.807) is 17.6 Å². The van der Waals surface area contributed by atoms with Gasteiger partial charge in [-0.05, 0) is 92.3 Å². The van der Waals surface area contributed by atoms with Crippen LogP contribution in [0.2, 0.25) is 0 Å². The first kappa shape index (κ1) is 23.4. The number of benzene rings is 2. The Hall–Kier alpha value is -3.35. The van der Waals surface area contributed by atoms with Gasteiger partial charge in [0.2, 0.25) is 5.62 Å². The summed E-state index contributed by atoms with van der Waals surface area (Å²) >= 11 is 0. The van der Waals surface area contributed by atoms with E-state index in [1.807, 2.05) is 55.2 Å². The van der Waals surface area contributed by atoms with E-state index in [9.17, 15) is 9.18 Å². The summed E-state index contributed by atoms with van der Waals surface area (Å²) in [5, 5.41) is 11.5. The summed E-state index contributed by atoms with van der Waals surface area (Å²) in [6.45, 7) is 4.91. The first-order valence-corrected chi connectivity index (χ1v) is 12.3. The number of ether oxygens (including phenoxy) is 1. The van der Waals surface area contributed by atoms with Crippen molar-refractivity contribution < 1.29 is 13.9 Å². The summed E-state index contributed by atoms with van der Waals surface area (Å²) in [6, 6.07) is 10.8. The molecule has 5 rings (SSSR count). The average molecular weight is 477 g/mol. The molecule has 1 unspecified atom stereocenters. The average Bonchev–Trinajstić information content (AvgIpc) is 3.75. The Bertz CT molecular complexity index is 1320. The molecule has 2 fully saturated rings. The summed E-state index contributed by atoms with van der Waals surface area (Å²) in [5.74, 6) is 1.17. The van der Waals surface area contributed by atoms with Gasteiger partial charge in [0.15, 0.2) is 0 Å². The molecule has 1 atom stereocenters. The maximum absolute atomic E-state index is 13.9. The molecule has 6 nitrogen and oxygen atoms in total. The van der Waals surface area contributed by atoms with Crippen molar-refractivity contribution in [1.82, 2.24) is 14.5 Å². The van der Waals surface area contributed by atoms with E-state index in [4.69, 9.17) is 10.1 Å². The molecular weight excluding hydrogens is 443 g/mol. The van der Waals surface area contributed by atoms with Crippen molar-refractivity contribution in [2.24, 2.45) is 18.9 Å². The molecule has 1 heterocycles. The molecule has 2 aliphatic carbocycles. The molecule has 0 bridgehead atoms. The number of rotatable bonds is 9. The molecule has 184 valence electrons. The maximum Gasteiger partial charge on any atom is 0.252 e. The number of imidazole rings is 1. The monoisotopic (exact) mass is 476 g/mol. The molecule has 0 radical (unpaired) electrons. The summed E-state index contributed by atoms with van der Waals surface area (Å²) < 4.78 is 23.6. The number of amides is 1. The van der Waals surface area contributed by atoms with Crippen LogP contribution in [0, 0.1) is 30.0 Å². The highest BCUT2D eigenvalue weighted by Gasteiger charge is 2.44. The zero-order valence-electron chi connectivity index (χ0n) is 20.6. The zero-order valence-corrected chi connectivity index (χ0v) is 20.6. The van der Waals surface area contributed by atoms with Gasteiger partial charge in [-0.25, -0.2) is 4.39 Å². The summed E-state index contributed by atoms with van der Waals surface area (Å²) in [4.78, 5) is 13.6. The van der Waals surface area contributed by atoms with Crippen molar-refractivity contribution in [2.75, 3.05) is 6.61 Å². The fourth-order valence-electron chi connectivity index (χ4n) is 4.66. The Kier molecular flexibility index (Phi) is 6.03. The molecule has 2 saturated carbocycles. The lowest BCUT2D eigenvalue weighted by Crippen LogP contribution is -2.45. The molecule has 2 aromatic carbocycles. The van der Waals surface area contributed by atoms with Crippen molar-refractivity contribution in [3.05, 3.63) is 82.5 Å². The fraction of sp³-hybridized carbons (Fsp3) is 0.429. The van der Waals surface area contributed by atoms with E-state index in [0.717, 1.165) is 24.0 Å². The SMILES string of the molecule is Cc1cc(C(C)(NC(=O)c2cc(Cn3ccn(C)c3=N)cc(OCC3CC3)c2)C2CC2)ccc1F. The second-order valence-corrected chi connectivity index (χ2v) is 10.4. The molecule has 1 amide bonds. The topological polar surface area (TPSA) is 72.0 Å². The second-order valence-electron chi connectivity index (χ2n) is 10.4. The van der Waals surface area contributed by atoms with Gasteiger partial charge in [0.1, 0.15) is 11.6 Å². The van der Waals surface area contributed by atoms with Crippen molar-refractivity contribution in [3.63, 3.8) is 0 Å². The number of nitrogens with one attached hydrogen (secondary N) is 2. The predicted octanol–water partition coefficient (Wildman–Crippen LogP) is 4.65. The van der Waals surface area contributed by atoms with Crippen LogP contribution in [-0.4, -0.2) is 21.6 Å². The minimum atomic E-state index is -0.580. The van der Waals surface area contributed by atoms with Gasteiger partial charge < -0.3 is 19.2 Å². The number of halogens is 1. The Morgan fingerprint density at radius 2 is 1.94 bits per heavy atom. The lowest BCUT2D eigenvalue weighted by molar-refractivity contribution is 0.0891. The van der Waals surface area contributed by atoms with Gasteiger partial charge in [-0.3, -0.25) is 10.2 Å². The van der Waals surface area contributed by atoms with Gasteiger partial charge in [-0.15, -0.1) is 0 Å². The van der Waals surface area contributed by atoms with Gasteiger partial charge in [-0.1, -0.05) is 12.1 Å². The van der Waals surface area contributed by atoms with Crippen LogP contribution in [0.1, 0.15) is 59.7 Å². The van der Waals surface area contributed by atoms with Gasteiger partial charge in [0, 0.05) is 25.0 Å². The minimum Gasteiger partial charge on any atom is -0.493 e. The second kappa shape index (κ2) is 9.02. The van der Waals surface area contributed by atoms with Crippen molar-refractivity contribution in [2.45, 2.75) is 51.6 Å². The van der Waals surface area contributed by atoms with Gasteiger partial charge in [0.25, 0.3) is 5.91 Å². The number of carbonyl (C=O) groups is 1. The largest absolute Gasteiger partial charge is 0.493 e. The molecular formula is C28H33FN4O2. The van der Waals surface area contributed by atoms with Crippen LogP contribution in [0.3, 0.4) is 0 Å². The van der Waals surface area contributed by atoms with Crippen molar-refractivity contribution in [3.8, 4) is 5.75 Å². The number of aryl methyl sites for hydroxylation is 2. The van der Waals surface area contributed by atoms with Gasteiger partial charge >= 0.3 is 0 Å². The molecule has 0 aliphatic heterocycles. The van der Waals surface area contributed by atoms with Gasteiger partial charge in [0.05, 0.1) is 18.7 Å². The molecule has 3 aromatic rings. The first-order valence-electron chi connectivity index (χ1n) is 12.3. The van der Waals surface area contributed by atoms with E-state index < -0.39 is 5.54 Å². The molecule has 2 aliphatic rings. The van der Waals surface area contributed by atoms with Crippen LogP contribution in [-0.2, 0) is 19.1 Å². The zero-order chi connectivity index (χ0) is 24.7. The maximum atomic E-state index is 13.9. The normalized spacial score (nSPS) is 17.1. The third kappa shape index (κ3) is 5.04. The van der Waals surface area contributed by atoms with Gasteiger partial charge in [-0.2, -0.15) is 0 Å². The highest BCUT2D eigenvalue weighted by Crippen LogP contribution is 2.46. The number of hydrogen-bond donors (Lipinski definition) is 2. The Morgan fingerprint density at radius 3 is 2.57 bits per heavy atom. The van der Waals surface area contributed by atoms with E-state index in [-0.39, 0.29) is 11.7 Å². The quantitative estimate of drug-likeness (QED) is 0.472. The molecule has 7 heteroatoms. The van der Waals surface area contributed by atoms with Crippen LogP contribution in [0.25, 0.3) is 0 Å². The molecule has 0 saturated heterocycles. The smallest absolute Gasteiger partial charge is 0.252 e. The first-order chi connectivity index (χ1) is 16.7. The molecule has 0 spiro atoms. The van der Waals surface area contributed by atoms with E-state index in [1.165, 1.54) is 18.9 Å². The standard InChI is InChI=1S/C28H33FN4O2/c1-18-12-23(8-9-25(18)29)28(2,22-6-7-22)31-26(34)21-13-20(16-33-11-10-32(3)27(33)30)14-24(15-21)35-17-19-4-5-19/h8-15,19,22,30H,4-7,16-17H2,1-3H3,(H,31,34). The number of carbonyl (C=O) groups excluding carboxylic acids is 1. The highest BCUT2D eigenvalue weighted by atomic mass is 19.1. The Labute approximate surface area is 205 Å². The van der Waals surface area contributed by atoms with Crippen LogP contribution in [0.4, 0.5) is 4.39 Å². The Balaban J connectivity index is 1.44. The third-order valence-electron chi connectivity index (χ3n) is 7.37. The lowest BCUT2D eigenvalue weighted by atomic mass is 9.85. The third-order valence-corrected chi connectivity index (χ3v) is 7.37. The van der Waals surface area contributed by atoms with E-state index in [0.29, 0.717) is 47.5 Å². The summed E-state index contributed by atoms with van der Waals surface area (Å²) in [5.41, 5.74) is 2.73. The van der Waals surface area contributed by atoms with E-state index >= 15 is 0 Å². The fourth-order valence-corrected chi connectivity index (χ4v) is 4.66. The van der Waals surface area contributed by atoms with Crippen LogP contribution < -0.4 is 15.7 Å². The highest BCUT2D eigenvalue weighted by molar-refractivity contribution is 5.95. The van der Waals surface area contributed by atoms with E-state index in [2.05, 4.69) is 5.32 Å². The van der Waals surface area contributed by atoms with Crippen LogP contribution in [0.15, 0.2) is 48.8 Å². The minimum absolute atomic E-state index is 0.177. The lowest BCUT2D eigenvalue weighted by Gasteiger charge is -2.32. The predicted molar refractivity (Wildman–Crippen MR) is 132 cm³/mol. The molecule has 35 heavy (non-hydrogen) atoms. The van der Waals surface area contributed by atoms with Crippen molar-refractivity contribution >= 4 is 5.91 Å². The number of nitrogens with zero attached hydrogens (tertiary/aromatic N) is 2. The van der Waals surface area contributed by atoms with Crippen molar-refractivity contribution in [1.29, 1.82) is 5.41 Å². The Morgan fingerprint density at radius 1 is 1.17 bits per heavy atom. The summed E-state index contributed by atoms with van der Waals surface area (Å²) in [7, 11) is 1.84. The number of hydrogen-bond acceptors (Lipinski definition) is 3. The summed E-state index contributed by atoms with van der Waals surface area (Å²) in [6.07, 6.45) is 8.13. The van der Waals surface area contributed by atoms with Crippen LogP contribution >= 0.6 is 0 Å². The number of aromatic nitrogens is 2. The van der Waals surface area contributed by atoms with Crippen LogP contribution in [0.5, 0.6) is 5.75 Å². The molecule has 1 aromatic heterocycles.